The maximum Gasteiger partial charge on any atom is 0.170 e. The van der Waals surface area contributed by atoms with Crippen LogP contribution in [-0.2, 0) is 7.05 Å². The van der Waals surface area contributed by atoms with Crippen LogP contribution in [0.5, 0.6) is 0 Å². The second-order valence-electron chi connectivity index (χ2n) is 3.95. The molecule has 2 atom stereocenters. The van der Waals surface area contributed by atoms with E-state index in [0.29, 0.717) is 0 Å². The highest BCUT2D eigenvalue weighted by Crippen LogP contribution is 2.37. The molecule has 92 valence electrons. The Morgan fingerprint density at radius 1 is 1.53 bits per heavy atom. The van der Waals surface area contributed by atoms with Gasteiger partial charge in [0.1, 0.15) is 5.82 Å². The van der Waals surface area contributed by atoms with Crippen LogP contribution in [0.2, 0.25) is 0 Å². The SMILES string of the molecule is Cc1nsc(SC(c2cnn(C)c2)C(C)N)n1. The molecular weight excluding hydrogens is 254 g/mol. The standard InChI is InChI=1S/C10H15N5S2/c1-6(11)9(8-4-12-15(3)5-8)16-10-13-7(2)14-17-10/h4-6,9H,11H2,1-3H3. The predicted molar refractivity (Wildman–Crippen MR) is 70.1 cm³/mol. The van der Waals surface area contributed by atoms with Crippen LogP contribution in [-0.4, -0.2) is 25.2 Å². The largest absolute Gasteiger partial charge is 0.327 e. The molecule has 2 rings (SSSR count). The van der Waals surface area contributed by atoms with Crippen LogP contribution in [0.15, 0.2) is 16.7 Å². The highest BCUT2D eigenvalue weighted by atomic mass is 32.2. The van der Waals surface area contributed by atoms with Crippen molar-refractivity contribution in [3.05, 3.63) is 23.8 Å². The number of hydrogen-bond donors (Lipinski definition) is 1. The summed E-state index contributed by atoms with van der Waals surface area (Å²) in [4.78, 5) is 4.35. The van der Waals surface area contributed by atoms with Crippen LogP contribution in [0.1, 0.15) is 23.6 Å². The van der Waals surface area contributed by atoms with Gasteiger partial charge in [-0.15, -0.1) is 0 Å². The van der Waals surface area contributed by atoms with Crippen molar-refractivity contribution in [1.29, 1.82) is 0 Å². The molecular formula is C10H15N5S2. The molecule has 2 aromatic heterocycles. The van der Waals surface area contributed by atoms with Gasteiger partial charge in [-0.3, -0.25) is 4.68 Å². The summed E-state index contributed by atoms with van der Waals surface area (Å²) in [6, 6.07) is 0.0356. The van der Waals surface area contributed by atoms with Gasteiger partial charge in [-0.2, -0.15) is 9.47 Å². The van der Waals surface area contributed by atoms with E-state index in [9.17, 15) is 0 Å². The fourth-order valence-corrected chi connectivity index (χ4v) is 3.39. The number of thioether (sulfide) groups is 1. The molecule has 0 saturated carbocycles. The van der Waals surface area contributed by atoms with Crippen molar-refractivity contribution in [2.45, 2.75) is 29.5 Å². The molecule has 7 heteroatoms. The maximum atomic E-state index is 6.03. The Morgan fingerprint density at radius 3 is 2.76 bits per heavy atom. The molecule has 2 aromatic rings. The minimum absolute atomic E-state index is 0.0356. The van der Waals surface area contributed by atoms with E-state index in [-0.39, 0.29) is 11.3 Å². The van der Waals surface area contributed by atoms with E-state index in [4.69, 9.17) is 5.73 Å². The van der Waals surface area contributed by atoms with Crippen molar-refractivity contribution >= 4 is 23.3 Å². The lowest BCUT2D eigenvalue weighted by Crippen LogP contribution is -2.22. The number of hydrogen-bond acceptors (Lipinski definition) is 6. The summed E-state index contributed by atoms with van der Waals surface area (Å²) in [7, 11) is 1.90. The van der Waals surface area contributed by atoms with Crippen molar-refractivity contribution in [2.24, 2.45) is 12.8 Å². The Kier molecular flexibility index (Phi) is 3.80. The number of aromatic nitrogens is 4. The average Bonchev–Trinajstić information content (AvgIpc) is 2.83. The zero-order chi connectivity index (χ0) is 12.4. The monoisotopic (exact) mass is 269 g/mol. The molecule has 2 N–H and O–H groups in total. The fraction of sp³-hybridized carbons (Fsp3) is 0.500. The third kappa shape index (κ3) is 3.05. The Bertz CT molecular complexity index is 490. The van der Waals surface area contributed by atoms with Gasteiger partial charge in [0.15, 0.2) is 4.34 Å². The van der Waals surface area contributed by atoms with E-state index in [1.165, 1.54) is 11.5 Å². The lowest BCUT2D eigenvalue weighted by atomic mass is 10.1. The van der Waals surface area contributed by atoms with Gasteiger partial charge in [-0.1, -0.05) is 11.8 Å². The quantitative estimate of drug-likeness (QED) is 0.856. The second kappa shape index (κ2) is 5.16. The second-order valence-corrected chi connectivity index (χ2v) is 6.09. The molecule has 2 heterocycles. The van der Waals surface area contributed by atoms with Crippen molar-refractivity contribution in [3.63, 3.8) is 0 Å². The van der Waals surface area contributed by atoms with Crippen molar-refractivity contribution in [3.8, 4) is 0 Å². The van der Waals surface area contributed by atoms with Gasteiger partial charge in [0.25, 0.3) is 0 Å². The van der Waals surface area contributed by atoms with Gasteiger partial charge in [0, 0.05) is 24.8 Å². The van der Waals surface area contributed by atoms with E-state index in [0.717, 1.165) is 15.7 Å². The summed E-state index contributed by atoms with van der Waals surface area (Å²) in [5.41, 5.74) is 7.16. The summed E-state index contributed by atoms with van der Waals surface area (Å²) < 4.78 is 6.92. The van der Waals surface area contributed by atoms with Gasteiger partial charge < -0.3 is 5.73 Å². The Balaban J connectivity index is 2.18. The molecule has 0 radical (unpaired) electrons. The van der Waals surface area contributed by atoms with E-state index in [1.54, 1.807) is 16.4 Å². The van der Waals surface area contributed by atoms with E-state index in [1.807, 2.05) is 33.3 Å². The van der Waals surface area contributed by atoms with Gasteiger partial charge in [0.05, 0.1) is 11.4 Å². The number of aryl methyl sites for hydroxylation is 2. The molecule has 0 saturated heterocycles. The smallest absolute Gasteiger partial charge is 0.170 e. The average molecular weight is 269 g/mol. The van der Waals surface area contributed by atoms with E-state index < -0.39 is 0 Å². The van der Waals surface area contributed by atoms with E-state index in [2.05, 4.69) is 14.5 Å². The molecule has 5 nitrogen and oxygen atoms in total. The van der Waals surface area contributed by atoms with Gasteiger partial charge in [-0.05, 0) is 25.4 Å². The summed E-state index contributed by atoms with van der Waals surface area (Å²) in [5, 5.41) is 4.34. The molecule has 0 aliphatic carbocycles. The Labute approximate surface area is 109 Å². The van der Waals surface area contributed by atoms with E-state index >= 15 is 0 Å². The Morgan fingerprint density at radius 2 is 2.29 bits per heavy atom. The third-order valence-corrected chi connectivity index (χ3v) is 4.63. The van der Waals surface area contributed by atoms with Crippen LogP contribution in [0.3, 0.4) is 0 Å². The van der Waals surface area contributed by atoms with Crippen molar-refractivity contribution in [1.82, 2.24) is 19.1 Å². The number of nitrogens with zero attached hydrogens (tertiary/aromatic N) is 4. The lowest BCUT2D eigenvalue weighted by Gasteiger charge is -2.16. The molecule has 17 heavy (non-hydrogen) atoms. The fourth-order valence-electron chi connectivity index (χ4n) is 1.50. The molecule has 0 aliphatic heterocycles. The van der Waals surface area contributed by atoms with Gasteiger partial charge in [0.2, 0.25) is 0 Å². The minimum atomic E-state index is 0.0356. The first-order valence-electron chi connectivity index (χ1n) is 5.27. The highest BCUT2D eigenvalue weighted by Gasteiger charge is 2.21. The molecule has 0 aliphatic rings. The first kappa shape index (κ1) is 12.5. The van der Waals surface area contributed by atoms with Gasteiger partial charge >= 0.3 is 0 Å². The molecule has 0 spiro atoms. The van der Waals surface area contributed by atoms with Crippen LogP contribution >= 0.6 is 23.3 Å². The highest BCUT2D eigenvalue weighted by molar-refractivity contribution is 8.01. The number of rotatable bonds is 4. The molecule has 0 amide bonds. The lowest BCUT2D eigenvalue weighted by molar-refractivity contribution is 0.718. The molecule has 2 unspecified atom stereocenters. The first-order valence-corrected chi connectivity index (χ1v) is 6.92. The molecule has 0 fully saturated rings. The zero-order valence-corrected chi connectivity index (χ0v) is 11.6. The number of nitrogens with two attached hydrogens (primary N) is 1. The van der Waals surface area contributed by atoms with Gasteiger partial charge in [-0.25, -0.2) is 4.98 Å². The summed E-state index contributed by atoms with van der Waals surface area (Å²) >= 11 is 3.07. The van der Waals surface area contributed by atoms with Crippen molar-refractivity contribution < 1.29 is 0 Å². The summed E-state index contributed by atoms with van der Waals surface area (Å²) in [6.45, 7) is 3.89. The normalized spacial score (nSPS) is 14.8. The summed E-state index contributed by atoms with van der Waals surface area (Å²) in [6.07, 6.45) is 3.85. The Hall–Kier alpha value is -0.920. The zero-order valence-electron chi connectivity index (χ0n) is 9.99. The van der Waals surface area contributed by atoms with Crippen LogP contribution in [0.25, 0.3) is 0 Å². The minimum Gasteiger partial charge on any atom is -0.327 e. The van der Waals surface area contributed by atoms with Crippen LogP contribution in [0.4, 0.5) is 0 Å². The van der Waals surface area contributed by atoms with Crippen molar-refractivity contribution in [2.75, 3.05) is 0 Å². The molecule has 0 aromatic carbocycles. The molecule has 0 bridgehead atoms. The summed E-state index contributed by atoms with van der Waals surface area (Å²) in [5.74, 6) is 0.812. The predicted octanol–water partition coefficient (Wildman–Crippen LogP) is 1.76. The first-order chi connectivity index (χ1) is 8.06. The maximum absolute atomic E-state index is 6.03. The topological polar surface area (TPSA) is 69.6 Å². The third-order valence-electron chi connectivity index (χ3n) is 2.27. The van der Waals surface area contributed by atoms with Crippen LogP contribution in [0, 0.1) is 6.92 Å². The van der Waals surface area contributed by atoms with Crippen LogP contribution < -0.4 is 5.73 Å².